The summed E-state index contributed by atoms with van der Waals surface area (Å²) in [6.07, 6.45) is 22.5. The van der Waals surface area contributed by atoms with Crippen LogP contribution in [0, 0.1) is 0 Å². The molecular formula is C42H36N2. The van der Waals surface area contributed by atoms with Crippen molar-refractivity contribution in [2.75, 3.05) is 5.32 Å². The lowest BCUT2D eigenvalue weighted by Crippen LogP contribution is -2.04. The van der Waals surface area contributed by atoms with Crippen molar-refractivity contribution in [2.45, 2.75) is 38.5 Å². The van der Waals surface area contributed by atoms with Gasteiger partial charge in [-0.3, -0.25) is 0 Å². The van der Waals surface area contributed by atoms with Gasteiger partial charge in [-0.2, -0.15) is 0 Å². The van der Waals surface area contributed by atoms with Crippen LogP contribution in [0.15, 0.2) is 134 Å². The number of benzene rings is 4. The molecule has 0 unspecified atom stereocenters. The summed E-state index contributed by atoms with van der Waals surface area (Å²) in [6.45, 7) is 0. The molecule has 0 spiro atoms. The van der Waals surface area contributed by atoms with Crippen molar-refractivity contribution in [1.29, 1.82) is 0 Å². The molecule has 0 aliphatic heterocycles. The van der Waals surface area contributed by atoms with Crippen molar-refractivity contribution in [3.8, 4) is 5.69 Å². The maximum absolute atomic E-state index is 3.77. The molecule has 0 bridgehead atoms. The average Bonchev–Trinajstić information content (AvgIpc) is 3.43. The summed E-state index contributed by atoms with van der Waals surface area (Å²) in [4.78, 5) is 0. The standard InChI is InChI=1S/C42H36N2/c1-4-12-30(13-5-1)31-20-24-35(25-21-31)43-40-27-23-33(28-39(40)32-14-6-2-7-15-32)34-22-26-38-37-18-10-11-19-41(37)44(42(38)29-34)36-16-8-3-9-17-36/h2-4,6,8-14,16-21,23-25,27-29,43H,1,5,7,15,22,26H2. The fraction of sp³-hybridized carbons (Fsp3) is 0.143. The van der Waals surface area contributed by atoms with Crippen molar-refractivity contribution in [2.24, 2.45) is 0 Å². The Labute approximate surface area is 260 Å². The van der Waals surface area contributed by atoms with Gasteiger partial charge >= 0.3 is 0 Å². The molecule has 0 fully saturated rings. The van der Waals surface area contributed by atoms with Gasteiger partial charge in [-0.15, -0.1) is 0 Å². The Hall–Kier alpha value is -5.08. The maximum Gasteiger partial charge on any atom is 0.0537 e. The molecule has 214 valence electrons. The van der Waals surface area contributed by atoms with Crippen LogP contribution in [0.3, 0.4) is 0 Å². The smallest absolute Gasteiger partial charge is 0.0537 e. The second-order valence-electron chi connectivity index (χ2n) is 12.0. The average molecular weight is 569 g/mol. The van der Waals surface area contributed by atoms with Crippen LogP contribution in [-0.4, -0.2) is 4.57 Å². The van der Waals surface area contributed by atoms with Gasteiger partial charge in [0.15, 0.2) is 0 Å². The van der Waals surface area contributed by atoms with E-state index in [9.17, 15) is 0 Å². The molecule has 4 aromatic carbocycles. The molecule has 5 aromatic rings. The number of allylic oxidation sites excluding steroid dienone is 9. The number of nitrogens with zero attached hydrogens (tertiary/aromatic N) is 1. The van der Waals surface area contributed by atoms with E-state index in [1.807, 2.05) is 0 Å². The molecule has 44 heavy (non-hydrogen) atoms. The number of rotatable bonds is 6. The summed E-state index contributed by atoms with van der Waals surface area (Å²) in [5.41, 5.74) is 15.5. The zero-order valence-corrected chi connectivity index (χ0v) is 25.0. The van der Waals surface area contributed by atoms with Crippen molar-refractivity contribution < 1.29 is 0 Å². The Balaban J connectivity index is 1.18. The highest BCUT2D eigenvalue weighted by atomic mass is 15.0. The molecule has 8 rings (SSSR count). The van der Waals surface area contributed by atoms with E-state index in [2.05, 4.69) is 149 Å². The Morgan fingerprint density at radius 2 is 1.50 bits per heavy atom. The Kier molecular flexibility index (Phi) is 6.96. The molecule has 1 aromatic heterocycles. The number of para-hydroxylation sites is 2. The SMILES string of the molecule is C1=CCCC(c2cc(C3=Cc4c(c5ccccc5n4-c4ccccc4)CC3)ccc2Nc2ccc(C3=CCCC=C3)cc2)=C1. The van der Waals surface area contributed by atoms with Crippen LogP contribution < -0.4 is 5.32 Å². The van der Waals surface area contributed by atoms with Gasteiger partial charge in [-0.05, 0) is 120 Å². The first-order valence-corrected chi connectivity index (χ1v) is 15.9. The molecule has 0 saturated heterocycles. The quantitative estimate of drug-likeness (QED) is 0.216. The predicted octanol–water partition coefficient (Wildman–Crippen LogP) is 11.3. The van der Waals surface area contributed by atoms with Crippen LogP contribution in [0.1, 0.15) is 60.1 Å². The van der Waals surface area contributed by atoms with Crippen LogP contribution >= 0.6 is 0 Å². The maximum atomic E-state index is 3.77. The number of hydrogen-bond donors (Lipinski definition) is 1. The molecule has 1 heterocycles. The minimum Gasteiger partial charge on any atom is -0.355 e. The Morgan fingerprint density at radius 3 is 2.32 bits per heavy atom. The fourth-order valence-electron chi connectivity index (χ4n) is 7.00. The van der Waals surface area contributed by atoms with Gasteiger partial charge in [0.05, 0.1) is 11.2 Å². The highest BCUT2D eigenvalue weighted by molar-refractivity contribution is 5.96. The largest absolute Gasteiger partial charge is 0.355 e. The van der Waals surface area contributed by atoms with Crippen molar-refractivity contribution in [3.05, 3.63) is 161 Å². The van der Waals surface area contributed by atoms with Crippen LogP contribution in [0.5, 0.6) is 0 Å². The Morgan fingerprint density at radius 1 is 0.659 bits per heavy atom. The molecule has 3 aliphatic carbocycles. The summed E-state index contributed by atoms with van der Waals surface area (Å²) in [5, 5.41) is 5.13. The first-order valence-electron chi connectivity index (χ1n) is 15.9. The lowest BCUT2D eigenvalue weighted by molar-refractivity contribution is 0.980. The van der Waals surface area contributed by atoms with Gasteiger partial charge in [0.25, 0.3) is 0 Å². The van der Waals surface area contributed by atoms with Crippen molar-refractivity contribution in [1.82, 2.24) is 4.57 Å². The molecule has 0 amide bonds. The summed E-state index contributed by atoms with van der Waals surface area (Å²) in [6, 6.07) is 35.5. The molecule has 2 nitrogen and oxygen atoms in total. The summed E-state index contributed by atoms with van der Waals surface area (Å²) >= 11 is 0. The normalized spacial score (nSPS) is 15.9. The number of hydrogen-bond acceptors (Lipinski definition) is 1. The van der Waals surface area contributed by atoms with E-state index >= 15 is 0 Å². The lowest BCUT2D eigenvalue weighted by atomic mass is 9.88. The number of aryl methyl sites for hydroxylation is 1. The van der Waals surface area contributed by atoms with Crippen molar-refractivity contribution in [3.63, 3.8) is 0 Å². The molecule has 0 radical (unpaired) electrons. The molecule has 1 N–H and O–H groups in total. The van der Waals surface area contributed by atoms with Gasteiger partial charge in [-0.25, -0.2) is 0 Å². The van der Waals surface area contributed by atoms with Crippen LogP contribution in [-0.2, 0) is 6.42 Å². The minimum atomic E-state index is 1.03. The minimum absolute atomic E-state index is 1.03. The molecular weight excluding hydrogens is 532 g/mol. The predicted molar refractivity (Wildman–Crippen MR) is 188 cm³/mol. The van der Waals surface area contributed by atoms with Gasteiger partial charge < -0.3 is 9.88 Å². The monoisotopic (exact) mass is 568 g/mol. The van der Waals surface area contributed by atoms with E-state index in [4.69, 9.17) is 0 Å². The molecule has 3 aliphatic rings. The number of nitrogens with one attached hydrogen (secondary N) is 1. The second-order valence-corrected chi connectivity index (χ2v) is 12.0. The van der Waals surface area contributed by atoms with E-state index in [1.54, 1.807) is 0 Å². The van der Waals surface area contributed by atoms with Crippen LogP contribution in [0.2, 0.25) is 0 Å². The van der Waals surface area contributed by atoms with E-state index in [0.29, 0.717) is 0 Å². The zero-order valence-electron chi connectivity index (χ0n) is 25.0. The lowest BCUT2D eigenvalue weighted by Gasteiger charge is -2.21. The third kappa shape index (κ3) is 4.97. The third-order valence-electron chi connectivity index (χ3n) is 9.23. The highest BCUT2D eigenvalue weighted by Gasteiger charge is 2.22. The van der Waals surface area contributed by atoms with Gasteiger partial charge in [0, 0.05) is 28.0 Å². The summed E-state index contributed by atoms with van der Waals surface area (Å²) in [7, 11) is 0. The summed E-state index contributed by atoms with van der Waals surface area (Å²) in [5.74, 6) is 0. The number of anilines is 2. The number of aromatic nitrogens is 1. The van der Waals surface area contributed by atoms with Gasteiger partial charge in [0.1, 0.15) is 0 Å². The van der Waals surface area contributed by atoms with E-state index in [1.165, 1.54) is 61.3 Å². The first kappa shape index (κ1) is 26.5. The van der Waals surface area contributed by atoms with E-state index in [-0.39, 0.29) is 0 Å². The van der Waals surface area contributed by atoms with Gasteiger partial charge in [0.2, 0.25) is 0 Å². The zero-order chi connectivity index (χ0) is 29.3. The molecule has 2 heteroatoms. The first-order chi connectivity index (χ1) is 21.8. The van der Waals surface area contributed by atoms with Gasteiger partial charge in [-0.1, -0.05) is 91.1 Å². The van der Waals surface area contributed by atoms with E-state index in [0.717, 1.165) is 49.9 Å². The topological polar surface area (TPSA) is 17.0 Å². The fourth-order valence-corrected chi connectivity index (χ4v) is 7.00. The molecule has 0 saturated carbocycles. The van der Waals surface area contributed by atoms with Crippen LogP contribution in [0.4, 0.5) is 11.4 Å². The van der Waals surface area contributed by atoms with Crippen LogP contribution in [0.25, 0.3) is 39.4 Å². The Bertz CT molecular complexity index is 2010. The third-order valence-corrected chi connectivity index (χ3v) is 9.23. The summed E-state index contributed by atoms with van der Waals surface area (Å²) < 4.78 is 2.44. The van der Waals surface area contributed by atoms with E-state index < -0.39 is 0 Å². The van der Waals surface area contributed by atoms with Crippen molar-refractivity contribution >= 4 is 45.1 Å². The number of fused-ring (bicyclic) bond motifs is 3. The molecule has 0 atom stereocenters. The highest BCUT2D eigenvalue weighted by Crippen LogP contribution is 2.40. The second kappa shape index (κ2) is 11.5.